The average Bonchev–Trinajstić information content (AvgIpc) is 2.41. The van der Waals surface area contributed by atoms with E-state index < -0.39 is 57.8 Å². The smallest absolute Gasteiger partial charge is 0.262 e. The standard InChI is InChI=1S/C8F16O5S/c9-1(25)2(10,4(12,13)14)28-6(18,19)3(11,5(15,16)17)29-7(20,21)8(22,23)30(24,26)27/t2-,3+/m0/s1. The van der Waals surface area contributed by atoms with Gasteiger partial charge in [0.15, 0.2) is 0 Å². The van der Waals surface area contributed by atoms with Crippen LogP contribution in [-0.4, -0.2) is 56.0 Å². The largest absolute Gasteiger partial charge is 0.464 e. The van der Waals surface area contributed by atoms with Crippen LogP contribution in [0, 0.1) is 0 Å². The van der Waals surface area contributed by atoms with Crippen LogP contribution in [0.4, 0.5) is 69.7 Å². The molecule has 0 bridgehead atoms. The van der Waals surface area contributed by atoms with E-state index in [-0.39, 0.29) is 0 Å². The maximum Gasteiger partial charge on any atom is 0.464 e. The number of hydrogen-bond donors (Lipinski definition) is 0. The average molecular weight is 512 g/mol. The molecule has 0 rings (SSSR count). The first-order chi connectivity index (χ1) is 12.6. The molecular weight excluding hydrogens is 512 g/mol. The molecule has 0 aromatic heterocycles. The van der Waals surface area contributed by atoms with Gasteiger partial charge < -0.3 is 0 Å². The fourth-order valence-electron chi connectivity index (χ4n) is 1.11. The minimum absolute atomic E-state index is 1.25. The number of carbonyl (C=O) groups is 1. The number of rotatable bonds is 8. The second-order valence-corrected chi connectivity index (χ2v) is 6.04. The van der Waals surface area contributed by atoms with Gasteiger partial charge in [-0.1, -0.05) is 3.89 Å². The fraction of sp³-hybridized carbons (Fsp3) is 0.875. The van der Waals surface area contributed by atoms with E-state index in [1.54, 1.807) is 0 Å². The minimum atomic E-state index is -8.09. The van der Waals surface area contributed by atoms with Gasteiger partial charge in [0.2, 0.25) is 0 Å². The lowest BCUT2D eigenvalue weighted by Crippen LogP contribution is -2.67. The Bertz CT molecular complexity index is 769. The maximum atomic E-state index is 13.6. The molecule has 0 radical (unpaired) electrons. The number of halogens is 16. The Labute approximate surface area is 151 Å². The third-order valence-electron chi connectivity index (χ3n) is 2.54. The van der Waals surface area contributed by atoms with Crippen molar-refractivity contribution in [2.45, 2.75) is 41.5 Å². The molecule has 0 fully saturated rings. The van der Waals surface area contributed by atoms with Crippen LogP contribution in [0.3, 0.4) is 0 Å². The molecule has 0 aliphatic heterocycles. The fourth-order valence-corrected chi connectivity index (χ4v) is 1.44. The van der Waals surface area contributed by atoms with Gasteiger partial charge in [-0.2, -0.15) is 74.3 Å². The van der Waals surface area contributed by atoms with Crippen molar-refractivity contribution in [2.75, 3.05) is 0 Å². The van der Waals surface area contributed by atoms with Crippen LogP contribution in [0.2, 0.25) is 0 Å². The Morgan fingerprint density at radius 1 is 0.633 bits per heavy atom. The molecule has 5 nitrogen and oxygen atoms in total. The van der Waals surface area contributed by atoms with E-state index in [9.17, 15) is 83.0 Å². The molecule has 0 aromatic carbocycles. The summed E-state index contributed by atoms with van der Waals surface area (Å²) >= 11 is 0. The first kappa shape index (κ1) is 28.4. The van der Waals surface area contributed by atoms with Crippen LogP contribution in [0.15, 0.2) is 0 Å². The third kappa shape index (κ3) is 4.53. The van der Waals surface area contributed by atoms with E-state index in [1.165, 1.54) is 9.47 Å². The van der Waals surface area contributed by atoms with Gasteiger partial charge in [0.05, 0.1) is 0 Å². The summed E-state index contributed by atoms with van der Waals surface area (Å²) in [6.07, 6.45) is -31.1. The summed E-state index contributed by atoms with van der Waals surface area (Å²) in [6.45, 7) is 0. The molecular formula is C8F16O5S. The first-order valence-corrected chi connectivity index (χ1v) is 7.18. The SMILES string of the molecule is O=C(F)[C@](F)(OC(F)(F)[C@](F)(OC(F)(F)C(F)(F)S(=O)(=O)F)C(F)(F)F)C(F)(F)F. The molecule has 0 saturated heterocycles. The quantitative estimate of drug-likeness (QED) is 0.363. The van der Waals surface area contributed by atoms with Gasteiger partial charge in [-0.25, -0.2) is 0 Å². The second-order valence-electron chi connectivity index (χ2n) is 4.65. The molecule has 0 saturated carbocycles. The van der Waals surface area contributed by atoms with Crippen LogP contribution in [0.1, 0.15) is 0 Å². The molecule has 0 aliphatic rings. The van der Waals surface area contributed by atoms with E-state index in [0.717, 1.165) is 0 Å². The first-order valence-electron chi connectivity index (χ1n) is 5.80. The van der Waals surface area contributed by atoms with Crippen molar-refractivity contribution in [3.05, 3.63) is 0 Å². The normalized spacial score (nSPS) is 19.2. The lowest BCUT2D eigenvalue weighted by atomic mass is 10.2. The highest BCUT2D eigenvalue weighted by Gasteiger charge is 2.84. The Hall–Kier alpha value is -1.58. The predicted molar refractivity (Wildman–Crippen MR) is 52.9 cm³/mol. The summed E-state index contributed by atoms with van der Waals surface area (Å²) in [5.41, 5.74) is 0. The lowest BCUT2D eigenvalue weighted by molar-refractivity contribution is -0.533. The van der Waals surface area contributed by atoms with Gasteiger partial charge >= 0.3 is 57.8 Å². The summed E-state index contributed by atoms with van der Waals surface area (Å²) in [5.74, 6) is -15.3. The molecule has 0 amide bonds. The van der Waals surface area contributed by atoms with Crippen LogP contribution in [0.25, 0.3) is 0 Å². The molecule has 0 N–H and O–H groups in total. The summed E-state index contributed by atoms with van der Waals surface area (Å²) in [6, 6.07) is -4.76. The van der Waals surface area contributed by atoms with E-state index in [1.807, 2.05) is 0 Å². The molecule has 0 spiro atoms. The van der Waals surface area contributed by atoms with E-state index >= 15 is 0 Å². The van der Waals surface area contributed by atoms with Crippen molar-refractivity contribution < 1.29 is 92.4 Å². The number of ether oxygens (including phenoxy) is 2. The second kappa shape index (κ2) is 7.24. The summed E-state index contributed by atoms with van der Waals surface area (Å²) in [7, 11) is -8.09. The Morgan fingerprint density at radius 2 is 1.00 bits per heavy atom. The third-order valence-corrected chi connectivity index (χ3v) is 3.39. The van der Waals surface area contributed by atoms with Crippen molar-refractivity contribution in [3.8, 4) is 0 Å². The zero-order valence-corrected chi connectivity index (χ0v) is 13.3. The Morgan fingerprint density at radius 3 is 1.23 bits per heavy atom. The molecule has 22 heteroatoms. The van der Waals surface area contributed by atoms with Gasteiger partial charge in [-0.3, -0.25) is 14.3 Å². The molecule has 0 aromatic rings. The van der Waals surface area contributed by atoms with Crippen LogP contribution in [-0.2, 0) is 24.5 Å². The number of hydrogen-bond acceptors (Lipinski definition) is 5. The highest BCUT2D eigenvalue weighted by Crippen LogP contribution is 2.55. The van der Waals surface area contributed by atoms with Crippen LogP contribution < -0.4 is 0 Å². The lowest BCUT2D eigenvalue weighted by Gasteiger charge is -2.38. The molecule has 180 valence electrons. The zero-order valence-electron chi connectivity index (χ0n) is 12.5. The number of alkyl halides is 14. The molecule has 30 heavy (non-hydrogen) atoms. The van der Waals surface area contributed by atoms with E-state index in [4.69, 9.17) is 0 Å². The molecule has 0 aliphatic carbocycles. The van der Waals surface area contributed by atoms with Gasteiger partial charge in [0.1, 0.15) is 0 Å². The van der Waals surface area contributed by atoms with Gasteiger partial charge in [-0.15, -0.1) is 0 Å². The summed E-state index contributed by atoms with van der Waals surface area (Å²) in [5, 5.41) is -7.61. The molecule has 0 unspecified atom stereocenters. The highest BCUT2D eigenvalue weighted by atomic mass is 32.3. The van der Waals surface area contributed by atoms with E-state index in [0.29, 0.717) is 0 Å². The summed E-state index contributed by atoms with van der Waals surface area (Å²) < 4.78 is 224. The van der Waals surface area contributed by atoms with Crippen molar-refractivity contribution in [2.24, 2.45) is 0 Å². The van der Waals surface area contributed by atoms with Crippen LogP contribution in [0.5, 0.6) is 0 Å². The minimum Gasteiger partial charge on any atom is -0.262 e. The van der Waals surface area contributed by atoms with Crippen molar-refractivity contribution in [3.63, 3.8) is 0 Å². The van der Waals surface area contributed by atoms with Gasteiger partial charge in [-0.05, 0) is 0 Å². The Balaban J connectivity index is 6.70. The van der Waals surface area contributed by atoms with E-state index in [2.05, 4.69) is 0 Å². The van der Waals surface area contributed by atoms with Crippen molar-refractivity contribution in [1.82, 2.24) is 0 Å². The van der Waals surface area contributed by atoms with Crippen LogP contribution >= 0.6 is 0 Å². The summed E-state index contributed by atoms with van der Waals surface area (Å²) in [4.78, 5) is 9.88. The molecule has 0 heterocycles. The van der Waals surface area contributed by atoms with Gasteiger partial charge in [0.25, 0.3) is 0 Å². The Kier molecular flexibility index (Phi) is 6.86. The van der Waals surface area contributed by atoms with Crippen molar-refractivity contribution in [1.29, 1.82) is 0 Å². The monoisotopic (exact) mass is 512 g/mol. The maximum absolute atomic E-state index is 13.6. The molecule has 2 atom stereocenters. The van der Waals surface area contributed by atoms with Gasteiger partial charge in [0, 0.05) is 0 Å². The van der Waals surface area contributed by atoms with Crippen molar-refractivity contribution >= 4 is 16.3 Å². The predicted octanol–water partition coefficient (Wildman–Crippen LogP) is 4.05. The number of carbonyl (C=O) groups excluding carboxylic acids is 1. The zero-order chi connectivity index (χ0) is 25.0. The topological polar surface area (TPSA) is 69.7 Å². The highest BCUT2D eigenvalue weighted by molar-refractivity contribution is 7.87.